The number of halogens is 2. The Hall–Kier alpha value is -1.96. The fourth-order valence-electron chi connectivity index (χ4n) is 3.06. The van der Waals surface area contributed by atoms with Crippen molar-refractivity contribution in [2.75, 3.05) is 25.4 Å². The van der Waals surface area contributed by atoms with Crippen molar-refractivity contribution < 1.29 is 23.2 Å². The Bertz CT molecular complexity index is 697. The number of amides is 3. The topological polar surface area (TPSA) is 57.7 Å². The minimum atomic E-state index is -0.486. The smallest absolute Gasteiger partial charge is 0.242 e. The summed E-state index contributed by atoms with van der Waals surface area (Å²) in [5.41, 5.74) is 0.309. The Kier molecular flexibility index (Phi) is 5.36. The molecule has 1 aromatic rings. The van der Waals surface area contributed by atoms with E-state index in [4.69, 9.17) is 0 Å². The van der Waals surface area contributed by atoms with Crippen LogP contribution in [-0.4, -0.2) is 52.9 Å². The van der Waals surface area contributed by atoms with Gasteiger partial charge < -0.3 is 4.90 Å². The third kappa shape index (κ3) is 4.00. The van der Waals surface area contributed by atoms with Crippen LogP contribution in [0.3, 0.4) is 0 Å². The molecule has 2 aliphatic heterocycles. The quantitative estimate of drug-likeness (QED) is 0.767. The first-order valence-corrected chi connectivity index (χ1v) is 9.18. The maximum absolute atomic E-state index is 14.0. The summed E-state index contributed by atoms with van der Waals surface area (Å²) in [5.74, 6) is -1.28. The van der Waals surface area contributed by atoms with Gasteiger partial charge in [-0.1, -0.05) is 0 Å². The summed E-state index contributed by atoms with van der Waals surface area (Å²) >= 11 is 1.48. The van der Waals surface area contributed by atoms with Gasteiger partial charge in [0, 0.05) is 42.5 Å². The summed E-state index contributed by atoms with van der Waals surface area (Å²) in [6.07, 6.45) is 0.796. The molecule has 2 aliphatic rings. The predicted octanol–water partition coefficient (Wildman–Crippen LogP) is 2.12. The van der Waals surface area contributed by atoms with Gasteiger partial charge in [-0.25, -0.2) is 8.78 Å². The summed E-state index contributed by atoms with van der Waals surface area (Å²) in [5, 5.41) is -0.233. The first-order chi connectivity index (χ1) is 12.0. The van der Waals surface area contributed by atoms with E-state index in [0.717, 1.165) is 17.0 Å². The van der Waals surface area contributed by atoms with Gasteiger partial charge in [0.2, 0.25) is 17.7 Å². The number of carbonyl (C=O) groups is 3. The van der Waals surface area contributed by atoms with Crippen LogP contribution in [-0.2, 0) is 14.4 Å². The van der Waals surface area contributed by atoms with Gasteiger partial charge in [0.1, 0.15) is 18.2 Å². The van der Waals surface area contributed by atoms with E-state index < -0.39 is 11.6 Å². The van der Waals surface area contributed by atoms with E-state index >= 15 is 0 Å². The summed E-state index contributed by atoms with van der Waals surface area (Å²) < 4.78 is 27.4. The lowest BCUT2D eigenvalue weighted by Gasteiger charge is -2.23. The fourth-order valence-corrected chi connectivity index (χ4v) is 4.31. The largest absolute Gasteiger partial charge is 0.340 e. The van der Waals surface area contributed by atoms with Crippen LogP contribution in [0.5, 0.6) is 0 Å². The number of rotatable bonds is 3. The number of benzene rings is 1. The van der Waals surface area contributed by atoms with Gasteiger partial charge in [-0.15, -0.1) is 0 Å². The average molecular weight is 368 g/mol. The second-order valence-electron chi connectivity index (χ2n) is 6.07. The Morgan fingerprint density at radius 1 is 1.16 bits per heavy atom. The van der Waals surface area contributed by atoms with Gasteiger partial charge in [0.25, 0.3) is 0 Å². The van der Waals surface area contributed by atoms with Gasteiger partial charge in [-0.05, 0) is 24.6 Å². The van der Waals surface area contributed by atoms with E-state index in [1.165, 1.54) is 17.8 Å². The highest BCUT2D eigenvalue weighted by molar-refractivity contribution is 7.99. The van der Waals surface area contributed by atoms with E-state index in [2.05, 4.69) is 0 Å². The van der Waals surface area contributed by atoms with Crippen molar-refractivity contribution in [2.45, 2.75) is 24.5 Å². The summed E-state index contributed by atoms with van der Waals surface area (Å²) in [6.45, 7) is 0.594. The van der Waals surface area contributed by atoms with Crippen molar-refractivity contribution >= 4 is 29.5 Å². The highest BCUT2D eigenvalue weighted by Gasteiger charge is 2.32. The van der Waals surface area contributed by atoms with Crippen molar-refractivity contribution in [3.05, 3.63) is 35.4 Å². The molecule has 2 heterocycles. The van der Waals surface area contributed by atoms with Crippen molar-refractivity contribution in [1.82, 2.24) is 9.80 Å². The molecule has 8 heteroatoms. The van der Waals surface area contributed by atoms with Crippen molar-refractivity contribution in [1.29, 1.82) is 0 Å². The van der Waals surface area contributed by atoms with E-state index in [-0.39, 0.29) is 42.4 Å². The molecule has 1 aromatic carbocycles. The fraction of sp³-hybridized carbons (Fsp3) is 0.471. The molecule has 0 aliphatic carbocycles. The minimum Gasteiger partial charge on any atom is -0.340 e. The zero-order chi connectivity index (χ0) is 18.0. The van der Waals surface area contributed by atoms with Crippen molar-refractivity contribution in [3.8, 4) is 0 Å². The molecule has 134 valence electrons. The van der Waals surface area contributed by atoms with Crippen LogP contribution in [0.2, 0.25) is 0 Å². The van der Waals surface area contributed by atoms with E-state index in [9.17, 15) is 23.2 Å². The number of nitrogens with zero attached hydrogens (tertiary/aromatic N) is 2. The third-order valence-electron chi connectivity index (χ3n) is 4.45. The highest BCUT2D eigenvalue weighted by Crippen LogP contribution is 2.36. The SMILES string of the molecule is O=C(CN1C(=O)CCC1=O)N1CCS[C@@H](c2cc(F)ccc2F)CC1. The summed E-state index contributed by atoms with van der Waals surface area (Å²) in [7, 11) is 0. The standard InChI is InChI=1S/C17H18F2N2O3S/c18-11-1-2-13(19)12(9-11)14-5-6-20(7-8-25-14)17(24)10-21-15(22)3-4-16(21)23/h1-2,9,14H,3-8,10H2/t14-/m1/s1. The van der Waals surface area contributed by atoms with Crippen LogP contribution >= 0.6 is 11.8 Å². The summed E-state index contributed by atoms with van der Waals surface area (Å²) in [6, 6.07) is 3.40. The third-order valence-corrected chi connectivity index (χ3v) is 5.76. The zero-order valence-corrected chi connectivity index (χ0v) is 14.4. The second-order valence-corrected chi connectivity index (χ2v) is 7.38. The number of thioether (sulfide) groups is 1. The van der Waals surface area contributed by atoms with Crippen LogP contribution in [0.25, 0.3) is 0 Å². The molecule has 25 heavy (non-hydrogen) atoms. The lowest BCUT2D eigenvalue weighted by molar-refractivity contribution is -0.145. The number of carbonyl (C=O) groups excluding carboxylic acids is 3. The average Bonchev–Trinajstić information content (AvgIpc) is 2.80. The van der Waals surface area contributed by atoms with Gasteiger partial charge in [-0.2, -0.15) is 11.8 Å². The van der Waals surface area contributed by atoms with Gasteiger partial charge >= 0.3 is 0 Å². The van der Waals surface area contributed by atoms with E-state index in [1.807, 2.05) is 0 Å². The van der Waals surface area contributed by atoms with Crippen LogP contribution < -0.4 is 0 Å². The lowest BCUT2D eigenvalue weighted by Crippen LogP contribution is -2.43. The molecule has 0 bridgehead atoms. The Morgan fingerprint density at radius 2 is 1.88 bits per heavy atom. The maximum atomic E-state index is 14.0. The molecule has 3 amide bonds. The van der Waals surface area contributed by atoms with Crippen LogP contribution in [0, 0.1) is 11.6 Å². The molecule has 2 fully saturated rings. The van der Waals surface area contributed by atoms with Crippen molar-refractivity contribution in [2.24, 2.45) is 0 Å². The van der Waals surface area contributed by atoms with E-state index in [0.29, 0.717) is 30.8 Å². The van der Waals surface area contributed by atoms with E-state index in [1.54, 1.807) is 4.90 Å². The minimum absolute atomic E-state index is 0.156. The number of imide groups is 1. The molecule has 0 spiro atoms. The maximum Gasteiger partial charge on any atom is 0.242 e. The molecule has 3 rings (SSSR count). The molecule has 1 atom stereocenters. The molecule has 0 unspecified atom stereocenters. The number of hydrogen-bond acceptors (Lipinski definition) is 4. The van der Waals surface area contributed by atoms with Crippen LogP contribution in [0.15, 0.2) is 18.2 Å². The zero-order valence-electron chi connectivity index (χ0n) is 13.5. The molecular formula is C17H18F2N2O3S. The molecule has 2 saturated heterocycles. The Balaban J connectivity index is 1.63. The lowest BCUT2D eigenvalue weighted by atomic mass is 10.1. The number of likely N-dealkylation sites (tertiary alicyclic amines) is 1. The Morgan fingerprint density at radius 3 is 2.60 bits per heavy atom. The van der Waals surface area contributed by atoms with Gasteiger partial charge in [0.05, 0.1) is 0 Å². The monoisotopic (exact) mass is 368 g/mol. The van der Waals surface area contributed by atoms with Crippen LogP contribution in [0.4, 0.5) is 8.78 Å². The molecule has 5 nitrogen and oxygen atoms in total. The van der Waals surface area contributed by atoms with Gasteiger partial charge in [0.15, 0.2) is 0 Å². The first kappa shape index (κ1) is 17.8. The first-order valence-electron chi connectivity index (χ1n) is 8.13. The molecule has 0 aromatic heterocycles. The Labute approximate surface area is 148 Å². The van der Waals surface area contributed by atoms with Gasteiger partial charge in [-0.3, -0.25) is 19.3 Å². The molecule has 0 saturated carbocycles. The molecule has 0 radical (unpaired) electrons. The normalized spacial score (nSPS) is 21.6. The second kappa shape index (κ2) is 7.51. The van der Waals surface area contributed by atoms with Crippen molar-refractivity contribution in [3.63, 3.8) is 0 Å². The molecule has 0 N–H and O–H groups in total. The summed E-state index contributed by atoms with van der Waals surface area (Å²) in [4.78, 5) is 38.2. The predicted molar refractivity (Wildman–Crippen MR) is 88.7 cm³/mol. The number of hydrogen-bond donors (Lipinski definition) is 0. The van der Waals surface area contributed by atoms with Crippen LogP contribution in [0.1, 0.15) is 30.1 Å². The highest BCUT2D eigenvalue weighted by atomic mass is 32.2. The molecular weight excluding hydrogens is 350 g/mol.